The fraction of sp³-hybridized carbons (Fsp3) is 0.933. The van der Waals surface area contributed by atoms with E-state index in [0.717, 1.165) is 25.9 Å². The van der Waals surface area contributed by atoms with Crippen LogP contribution < -0.4 is 0 Å². The van der Waals surface area contributed by atoms with Crippen molar-refractivity contribution in [3.05, 3.63) is 0 Å². The predicted molar refractivity (Wildman–Crippen MR) is 78.7 cm³/mol. The molecular weight excluding hydrogens is 224 g/mol. The highest BCUT2D eigenvalue weighted by atomic mass is 16.2. The standard InChI is InChI=1S/C13H26N2O.C2H6/c1-5-8-15-9-6-12(7-10-15)14(4)13(16)11(2)3;1-2/h11-12H,5-10H2,1-4H3;1-2H3. The third-order valence-electron chi connectivity index (χ3n) is 3.49. The molecule has 0 spiro atoms. The number of amides is 1. The molecule has 1 saturated heterocycles. The molecule has 1 heterocycles. The number of rotatable bonds is 4. The van der Waals surface area contributed by atoms with Crippen molar-refractivity contribution >= 4 is 5.91 Å². The van der Waals surface area contributed by atoms with Crippen LogP contribution in [0.15, 0.2) is 0 Å². The summed E-state index contributed by atoms with van der Waals surface area (Å²) in [6, 6.07) is 0.461. The molecule has 0 saturated carbocycles. The van der Waals surface area contributed by atoms with Gasteiger partial charge in [-0.25, -0.2) is 0 Å². The Balaban J connectivity index is 0.00000137. The van der Waals surface area contributed by atoms with Crippen molar-refractivity contribution in [1.82, 2.24) is 9.80 Å². The lowest BCUT2D eigenvalue weighted by molar-refractivity contribution is -0.136. The summed E-state index contributed by atoms with van der Waals surface area (Å²) in [4.78, 5) is 16.3. The maximum absolute atomic E-state index is 11.9. The zero-order valence-corrected chi connectivity index (χ0v) is 13.2. The van der Waals surface area contributed by atoms with Gasteiger partial charge in [0.2, 0.25) is 5.91 Å². The van der Waals surface area contributed by atoms with E-state index in [1.165, 1.54) is 13.0 Å². The second-order valence-electron chi connectivity index (χ2n) is 5.18. The smallest absolute Gasteiger partial charge is 0.225 e. The van der Waals surface area contributed by atoms with Gasteiger partial charge in [0.05, 0.1) is 0 Å². The van der Waals surface area contributed by atoms with Crippen LogP contribution in [-0.4, -0.2) is 48.4 Å². The lowest BCUT2D eigenvalue weighted by Crippen LogP contribution is -2.46. The normalized spacial score (nSPS) is 17.3. The van der Waals surface area contributed by atoms with Crippen molar-refractivity contribution in [2.75, 3.05) is 26.7 Å². The topological polar surface area (TPSA) is 23.6 Å². The van der Waals surface area contributed by atoms with E-state index in [4.69, 9.17) is 0 Å². The van der Waals surface area contributed by atoms with Gasteiger partial charge in [-0.1, -0.05) is 34.6 Å². The Hall–Kier alpha value is -0.570. The van der Waals surface area contributed by atoms with E-state index < -0.39 is 0 Å². The van der Waals surface area contributed by atoms with Crippen molar-refractivity contribution in [2.24, 2.45) is 5.92 Å². The maximum atomic E-state index is 11.9. The minimum Gasteiger partial charge on any atom is -0.342 e. The van der Waals surface area contributed by atoms with Gasteiger partial charge >= 0.3 is 0 Å². The largest absolute Gasteiger partial charge is 0.342 e. The zero-order valence-electron chi connectivity index (χ0n) is 13.2. The van der Waals surface area contributed by atoms with Crippen molar-refractivity contribution in [2.45, 2.75) is 59.9 Å². The molecule has 0 radical (unpaired) electrons. The van der Waals surface area contributed by atoms with Crippen molar-refractivity contribution in [1.29, 1.82) is 0 Å². The van der Waals surface area contributed by atoms with E-state index in [-0.39, 0.29) is 11.8 Å². The number of carbonyl (C=O) groups is 1. The molecule has 0 aromatic rings. The molecule has 1 fully saturated rings. The molecule has 0 N–H and O–H groups in total. The van der Waals surface area contributed by atoms with Crippen LogP contribution in [-0.2, 0) is 4.79 Å². The van der Waals surface area contributed by atoms with Crippen LogP contribution in [0.1, 0.15) is 53.9 Å². The highest BCUT2D eigenvalue weighted by Crippen LogP contribution is 2.17. The molecule has 0 bridgehead atoms. The Labute approximate surface area is 114 Å². The number of piperidine rings is 1. The van der Waals surface area contributed by atoms with Crippen LogP contribution in [0.3, 0.4) is 0 Å². The average Bonchev–Trinajstić information content (AvgIpc) is 2.40. The van der Waals surface area contributed by atoms with Crippen LogP contribution in [0.5, 0.6) is 0 Å². The fourth-order valence-corrected chi connectivity index (χ4v) is 2.43. The van der Waals surface area contributed by atoms with Gasteiger partial charge in [0.1, 0.15) is 0 Å². The van der Waals surface area contributed by atoms with Gasteiger partial charge in [-0.2, -0.15) is 0 Å². The quantitative estimate of drug-likeness (QED) is 0.772. The average molecular weight is 256 g/mol. The summed E-state index contributed by atoms with van der Waals surface area (Å²) >= 11 is 0. The minimum absolute atomic E-state index is 0.124. The molecule has 0 aromatic heterocycles. The first-order valence-corrected chi connectivity index (χ1v) is 7.55. The van der Waals surface area contributed by atoms with E-state index in [1.807, 2.05) is 39.6 Å². The summed E-state index contributed by atoms with van der Waals surface area (Å²) < 4.78 is 0. The van der Waals surface area contributed by atoms with Crippen molar-refractivity contribution in [3.63, 3.8) is 0 Å². The highest BCUT2D eigenvalue weighted by Gasteiger charge is 2.25. The van der Waals surface area contributed by atoms with Gasteiger partial charge < -0.3 is 9.80 Å². The van der Waals surface area contributed by atoms with Crippen LogP contribution in [0.4, 0.5) is 0 Å². The summed E-state index contributed by atoms with van der Waals surface area (Å²) in [5.74, 6) is 0.410. The third kappa shape index (κ3) is 5.38. The molecule has 3 nitrogen and oxygen atoms in total. The van der Waals surface area contributed by atoms with E-state index in [2.05, 4.69) is 11.8 Å². The summed E-state index contributed by atoms with van der Waals surface area (Å²) in [6.45, 7) is 13.7. The first-order valence-electron chi connectivity index (χ1n) is 7.55. The summed E-state index contributed by atoms with van der Waals surface area (Å²) in [5.41, 5.74) is 0. The molecule has 0 aromatic carbocycles. The van der Waals surface area contributed by atoms with E-state index in [1.54, 1.807) is 0 Å². The Morgan fingerprint density at radius 3 is 2.17 bits per heavy atom. The molecule has 1 aliphatic heterocycles. The molecule has 1 rings (SSSR count). The molecule has 0 aliphatic carbocycles. The summed E-state index contributed by atoms with van der Waals surface area (Å²) in [5, 5.41) is 0. The lowest BCUT2D eigenvalue weighted by Gasteiger charge is -2.37. The van der Waals surface area contributed by atoms with Crippen LogP contribution in [0.2, 0.25) is 0 Å². The van der Waals surface area contributed by atoms with Gasteiger partial charge in [-0.15, -0.1) is 0 Å². The van der Waals surface area contributed by atoms with Crippen molar-refractivity contribution in [3.8, 4) is 0 Å². The van der Waals surface area contributed by atoms with E-state index >= 15 is 0 Å². The number of hydrogen-bond acceptors (Lipinski definition) is 2. The Kier molecular flexibility index (Phi) is 9.08. The molecule has 0 atom stereocenters. The summed E-state index contributed by atoms with van der Waals surface area (Å²) in [7, 11) is 1.96. The highest BCUT2D eigenvalue weighted by molar-refractivity contribution is 5.78. The SMILES string of the molecule is CC.CCCN1CCC(N(C)C(=O)C(C)C)CC1. The number of carbonyl (C=O) groups excluding carboxylic acids is 1. The molecule has 3 heteroatoms. The third-order valence-corrected chi connectivity index (χ3v) is 3.49. The van der Waals surface area contributed by atoms with Crippen molar-refractivity contribution < 1.29 is 4.79 Å². The monoisotopic (exact) mass is 256 g/mol. The number of likely N-dealkylation sites (tertiary alicyclic amines) is 1. The predicted octanol–water partition coefficient (Wildman–Crippen LogP) is 3.00. The fourth-order valence-electron chi connectivity index (χ4n) is 2.43. The Morgan fingerprint density at radius 1 is 1.28 bits per heavy atom. The minimum atomic E-state index is 0.124. The van der Waals surface area contributed by atoms with Gasteiger partial charge in [-0.05, 0) is 25.8 Å². The Morgan fingerprint density at radius 2 is 1.78 bits per heavy atom. The number of hydrogen-bond donors (Lipinski definition) is 0. The molecular formula is C15H32N2O. The summed E-state index contributed by atoms with van der Waals surface area (Å²) in [6.07, 6.45) is 3.50. The second kappa shape index (κ2) is 9.37. The Bertz CT molecular complexity index is 221. The van der Waals surface area contributed by atoms with Crippen LogP contribution in [0, 0.1) is 5.92 Å². The van der Waals surface area contributed by atoms with E-state index in [9.17, 15) is 4.79 Å². The van der Waals surface area contributed by atoms with Gasteiger partial charge in [0.25, 0.3) is 0 Å². The van der Waals surface area contributed by atoms with E-state index in [0.29, 0.717) is 6.04 Å². The maximum Gasteiger partial charge on any atom is 0.225 e. The first-order chi connectivity index (χ1) is 8.56. The first kappa shape index (κ1) is 17.4. The second-order valence-corrected chi connectivity index (χ2v) is 5.18. The molecule has 108 valence electrons. The number of nitrogens with zero attached hydrogens (tertiary/aromatic N) is 2. The van der Waals surface area contributed by atoms with Crippen LogP contribution in [0.25, 0.3) is 0 Å². The zero-order chi connectivity index (χ0) is 14.1. The van der Waals surface area contributed by atoms with Gasteiger partial charge in [0, 0.05) is 32.1 Å². The van der Waals surface area contributed by atoms with Gasteiger partial charge in [0.15, 0.2) is 0 Å². The lowest BCUT2D eigenvalue weighted by atomic mass is 10.0. The van der Waals surface area contributed by atoms with Gasteiger partial charge in [-0.3, -0.25) is 4.79 Å². The molecule has 0 unspecified atom stereocenters. The molecule has 18 heavy (non-hydrogen) atoms. The molecule has 1 aliphatic rings. The van der Waals surface area contributed by atoms with Crippen LogP contribution >= 0.6 is 0 Å². The molecule has 1 amide bonds.